The number of anilines is 2. The molecule has 0 aliphatic rings. The van der Waals surface area contributed by atoms with Crippen LogP contribution in [0.1, 0.15) is 27.0 Å². The van der Waals surface area contributed by atoms with E-state index in [-0.39, 0.29) is 45.4 Å². The van der Waals surface area contributed by atoms with Crippen LogP contribution < -0.4 is 10.1 Å². The predicted molar refractivity (Wildman–Crippen MR) is 210 cm³/mol. The van der Waals surface area contributed by atoms with Gasteiger partial charge in [-0.2, -0.15) is 18.6 Å². The first kappa shape index (κ1) is 39.2. The van der Waals surface area contributed by atoms with Gasteiger partial charge in [-0.25, -0.2) is 4.79 Å². The smallest absolute Gasteiger partial charge is 0.339 e. The van der Waals surface area contributed by atoms with E-state index in [0.717, 1.165) is 12.1 Å². The Morgan fingerprint density at radius 2 is 1.53 bits per heavy atom. The third-order valence-corrected chi connectivity index (χ3v) is 9.32. The summed E-state index contributed by atoms with van der Waals surface area (Å²) in [6.45, 7) is -0.432. The maximum Gasteiger partial charge on any atom is 0.339 e. The molecule has 0 atom stereocenters. The molecule has 0 aliphatic carbocycles. The molecule has 0 aliphatic heterocycles. The largest absolute Gasteiger partial charge is 0.507 e. The number of carbonyl (C=O) groups is 1. The number of methoxy groups -OCH3 is 1. The van der Waals surface area contributed by atoms with Crippen molar-refractivity contribution < 1.29 is 47.9 Å². The van der Waals surface area contributed by atoms with Gasteiger partial charge < -0.3 is 30.5 Å². The van der Waals surface area contributed by atoms with Crippen molar-refractivity contribution in [3.63, 3.8) is 0 Å². The number of fused-ring (bicyclic) bond motifs is 1. The Balaban J connectivity index is 1.18. The number of carboxylic acid groups (broad SMARTS) is 1. The SMILES string of the molecule is COc1cc(N=Nc2ccc(C=Cc3ccc([N+](=O)[O-])cc3S(=O)(=O)O)cc2)c(CO)cc1N=Nc1ccc2cc(Nc3ccc(O)c(C(=O)O)c3)ccc2c1O. The highest BCUT2D eigenvalue weighted by molar-refractivity contribution is 7.86. The number of rotatable bonds is 13. The molecule has 0 spiro atoms. The number of aliphatic hydroxyl groups excluding tert-OH is 1. The lowest BCUT2D eigenvalue weighted by molar-refractivity contribution is -0.385. The van der Waals surface area contributed by atoms with Gasteiger partial charge in [-0.1, -0.05) is 30.4 Å². The first-order valence-corrected chi connectivity index (χ1v) is 18.0. The Kier molecular flexibility index (Phi) is 11.3. The van der Waals surface area contributed by atoms with E-state index in [0.29, 0.717) is 39.0 Å². The number of ether oxygens (including phenoxy) is 1. The number of benzene rings is 6. The molecule has 0 radical (unpaired) electrons. The molecule has 18 heteroatoms. The molecule has 288 valence electrons. The molecule has 17 nitrogen and oxygen atoms in total. The van der Waals surface area contributed by atoms with E-state index in [9.17, 15) is 48.3 Å². The fraction of sp³-hybridized carbons (Fsp3) is 0.0513. The van der Waals surface area contributed by atoms with E-state index < -0.39 is 38.2 Å². The van der Waals surface area contributed by atoms with Gasteiger partial charge in [0.05, 0.1) is 30.0 Å². The van der Waals surface area contributed by atoms with Gasteiger partial charge >= 0.3 is 5.97 Å². The molecule has 0 heterocycles. The summed E-state index contributed by atoms with van der Waals surface area (Å²) in [6.07, 6.45) is 2.94. The molecule has 57 heavy (non-hydrogen) atoms. The molecule has 6 aromatic rings. The molecular formula is C39H30N6O11S. The van der Waals surface area contributed by atoms with Gasteiger partial charge in [0, 0.05) is 40.5 Å². The zero-order valence-corrected chi connectivity index (χ0v) is 30.3. The first-order valence-electron chi connectivity index (χ1n) is 16.5. The number of aliphatic hydroxyl groups is 1. The Morgan fingerprint density at radius 3 is 2.21 bits per heavy atom. The highest BCUT2D eigenvalue weighted by Gasteiger charge is 2.19. The van der Waals surface area contributed by atoms with Crippen LogP contribution in [-0.2, 0) is 16.7 Å². The van der Waals surface area contributed by atoms with Crippen LogP contribution in [0.25, 0.3) is 22.9 Å². The predicted octanol–water partition coefficient (Wildman–Crippen LogP) is 9.35. The van der Waals surface area contributed by atoms with Crippen molar-refractivity contribution >= 4 is 78.8 Å². The topological polar surface area (TPSA) is 266 Å². The minimum atomic E-state index is -4.73. The van der Waals surface area contributed by atoms with E-state index in [1.165, 1.54) is 49.6 Å². The third-order valence-electron chi connectivity index (χ3n) is 8.41. The minimum Gasteiger partial charge on any atom is -0.507 e. The standard InChI is InChI=1S/C39H30N6O11S/c1-56-36-20-33(43-41-26-8-3-22(4-9-26)2-5-23-6-12-29(45(51)52)19-37(23)57(53,54)55)25(21-46)17-34(36)44-42-32-14-7-24-16-27(10-13-30(24)38(32)48)40-28-11-15-35(47)31(18-28)39(49)50/h2-20,40,46-48H,21H2,1H3,(H,49,50)(H,53,54,55). The average molecular weight is 791 g/mol. The first-order chi connectivity index (χ1) is 27.2. The van der Waals surface area contributed by atoms with Crippen LogP contribution in [0.2, 0.25) is 0 Å². The summed E-state index contributed by atoms with van der Waals surface area (Å²) in [5, 5.41) is 72.5. The van der Waals surface area contributed by atoms with E-state index >= 15 is 0 Å². The zero-order chi connectivity index (χ0) is 40.9. The Hall–Kier alpha value is -7.54. The number of aromatic carboxylic acids is 1. The minimum absolute atomic E-state index is 0.0470. The molecule has 0 saturated carbocycles. The molecule has 6 rings (SSSR count). The number of nitrogens with zero attached hydrogens (tertiary/aromatic N) is 5. The van der Waals surface area contributed by atoms with Crippen LogP contribution in [0.4, 0.5) is 39.8 Å². The highest BCUT2D eigenvalue weighted by Crippen LogP contribution is 2.40. The van der Waals surface area contributed by atoms with Crippen LogP contribution >= 0.6 is 0 Å². The molecule has 0 amide bonds. The molecular weight excluding hydrogens is 761 g/mol. The summed E-state index contributed by atoms with van der Waals surface area (Å²) in [6, 6.07) is 25.2. The number of nitro groups is 1. The third kappa shape index (κ3) is 9.06. The van der Waals surface area contributed by atoms with E-state index in [2.05, 4.69) is 25.8 Å². The number of carboxylic acids is 1. The normalized spacial score (nSPS) is 11.8. The van der Waals surface area contributed by atoms with Gasteiger partial charge in [0.15, 0.2) is 5.75 Å². The van der Waals surface area contributed by atoms with Gasteiger partial charge in [0.25, 0.3) is 15.8 Å². The monoisotopic (exact) mass is 790 g/mol. The van der Waals surface area contributed by atoms with Crippen molar-refractivity contribution in [1.82, 2.24) is 0 Å². The van der Waals surface area contributed by atoms with Crippen LogP contribution in [0.3, 0.4) is 0 Å². The van der Waals surface area contributed by atoms with Crippen molar-refractivity contribution in [3.8, 4) is 17.2 Å². The van der Waals surface area contributed by atoms with Gasteiger partial charge in [-0.3, -0.25) is 14.7 Å². The summed E-state index contributed by atoms with van der Waals surface area (Å²) in [5.74, 6) is -1.53. The molecule has 6 aromatic carbocycles. The van der Waals surface area contributed by atoms with Gasteiger partial charge in [-0.05, 0) is 83.2 Å². The lowest BCUT2D eigenvalue weighted by Crippen LogP contribution is -2.02. The summed E-state index contributed by atoms with van der Waals surface area (Å²) in [4.78, 5) is 21.1. The molecule has 6 N–H and O–H groups in total. The number of azo groups is 2. The molecule has 0 fully saturated rings. The van der Waals surface area contributed by atoms with E-state index in [1.54, 1.807) is 60.7 Å². The summed E-state index contributed by atoms with van der Waals surface area (Å²) >= 11 is 0. The second-order valence-corrected chi connectivity index (χ2v) is 13.5. The molecule has 0 aromatic heterocycles. The lowest BCUT2D eigenvalue weighted by Gasteiger charge is -2.11. The van der Waals surface area contributed by atoms with Crippen LogP contribution in [0.15, 0.2) is 128 Å². The number of phenols is 2. The van der Waals surface area contributed by atoms with Crippen molar-refractivity contribution in [1.29, 1.82) is 0 Å². The van der Waals surface area contributed by atoms with Crippen LogP contribution in [0.5, 0.6) is 17.2 Å². The van der Waals surface area contributed by atoms with Crippen molar-refractivity contribution in [3.05, 3.63) is 135 Å². The maximum absolute atomic E-state index is 11.8. The van der Waals surface area contributed by atoms with Crippen LogP contribution in [-0.4, -0.2) is 51.4 Å². The second-order valence-electron chi connectivity index (χ2n) is 12.1. The molecule has 0 saturated heterocycles. The van der Waals surface area contributed by atoms with Crippen molar-refractivity contribution in [2.24, 2.45) is 20.5 Å². The maximum atomic E-state index is 11.8. The van der Waals surface area contributed by atoms with Gasteiger partial charge in [-0.15, -0.1) is 10.2 Å². The van der Waals surface area contributed by atoms with Gasteiger partial charge in [0.1, 0.15) is 33.3 Å². The zero-order valence-electron chi connectivity index (χ0n) is 29.5. The molecule has 0 bridgehead atoms. The number of hydrogen-bond acceptors (Lipinski definition) is 14. The number of non-ortho nitro benzene ring substituents is 1. The Morgan fingerprint density at radius 1 is 0.825 bits per heavy atom. The van der Waals surface area contributed by atoms with Crippen molar-refractivity contribution in [2.75, 3.05) is 12.4 Å². The van der Waals surface area contributed by atoms with E-state index in [4.69, 9.17) is 4.74 Å². The number of nitrogens with one attached hydrogen (secondary N) is 1. The van der Waals surface area contributed by atoms with E-state index in [1.807, 2.05) is 0 Å². The Labute approximate surface area is 323 Å². The molecule has 0 unspecified atom stereocenters. The Bertz CT molecular complexity index is 2750. The quantitative estimate of drug-likeness (QED) is 0.0159. The average Bonchev–Trinajstić information content (AvgIpc) is 3.19. The van der Waals surface area contributed by atoms with Gasteiger partial charge in [0.2, 0.25) is 0 Å². The summed E-state index contributed by atoms with van der Waals surface area (Å²) in [5.41, 5.74) is 2.38. The number of nitro benzene ring substituents is 1. The fourth-order valence-corrected chi connectivity index (χ4v) is 6.23. The fourth-order valence-electron chi connectivity index (χ4n) is 5.53. The summed E-state index contributed by atoms with van der Waals surface area (Å²) in [7, 11) is -3.32. The van der Waals surface area contributed by atoms with Crippen LogP contribution in [0, 0.1) is 10.1 Å². The lowest BCUT2D eigenvalue weighted by atomic mass is 10.1. The summed E-state index contributed by atoms with van der Waals surface area (Å²) < 4.78 is 38.7. The number of aromatic hydroxyl groups is 2. The second kappa shape index (κ2) is 16.4. The highest BCUT2D eigenvalue weighted by atomic mass is 32.2. The number of phenolic OH excluding ortho intramolecular Hbond substituents is 1. The van der Waals surface area contributed by atoms with Crippen molar-refractivity contribution in [2.45, 2.75) is 11.5 Å². The number of hydrogen-bond donors (Lipinski definition) is 6.